The molecule has 2 atom stereocenters. The second-order valence-corrected chi connectivity index (χ2v) is 4.60. The van der Waals surface area contributed by atoms with Crippen molar-refractivity contribution in [2.45, 2.75) is 25.3 Å². The van der Waals surface area contributed by atoms with Crippen LogP contribution in [-0.2, 0) is 19.2 Å². The summed E-state index contributed by atoms with van der Waals surface area (Å²) in [5.41, 5.74) is 0. The number of likely N-dealkylation sites (N-methyl/N-ethyl adjacent to an activating group) is 1. The van der Waals surface area contributed by atoms with Crippen molar-refractivity contribution in [1.29, 1.82) is 0 Å². The minimum Gasteiger partial charge on any atom is -0.355 e. The summed E-state index contributed by atoms with van der Waals surface area (Å²) in [5, 5.41) is 5.17. The quantitative estimate of drug-likeness (QED) is 0.578. The SMILES string of the molecule is CN1C(=O)CCC(NC(=O)C2CNC(=O)C2)C1=O. The first-order chi connectivity index (χ1) is 8.49. The smallest absolute Gasteiger partial charge is 0.251 e. The van der Waals surface area contributed by atoms with Crippen LogP contribution in [0.4, 0.5) is 0 Å². The summed E-state index contributed by atoms with van der Waals surface area (Å²) in [7, 11) is 1.41. The predicted octanol–water partition coefficient (Wildman–Crippen LogP) is -1.61. The summed E-state index contributed by atoms with van der Waals surface area (Å²) in [6.07, 6.45) is 0.721. The van der Waals surface area contributed by atoms with E-state index in [9.17, 15) is 19.2 Å². The summed E-state index contributed by atoms with van der Waals surface area (Å²) < 4.78 is 0. The Kier molecular flexibility index (Phi) is 3.31. The fraction of sp³-hybridized carbons (Fsp3) is 0.636. The van der Waals surface area contributed by atoms with E-state index in [0.717, 1.165) is 4.90 Å². The van der Waals surface area contributed by atoms with Crippen molar-refractivity contribution < 1.29 is 19.2 Å². The molecule has 0 aromatic carbocycles. The second kappa shape index (κ2) is 4.75. The van der Waals surface area contributed by atoms with Gasteiger partial charge in [0.1, 0.15) is 6.04 Å². The zero-order valence-electron chi connectivity index (χ0n) is 10.1. The average Bonchev–Trinajstić information content (AvgIpc) is 2.77. The second-order valence-electron chi connectivity index (χ2n) is 4.60. The van der Waals surface area contributed by atoms with Crippen molar-refractivity contribution in [2.24, 2.45) is 5.92 Å². The Morgan fingerprint density at radius 2 is 2.11 bits per heavy atom. The molecule has 2 aliphatic rings. The number of hydrogen-bond donors (Lipinski definition) is 2. The van der Waals surface area contributed by atoms with Crippen molar-refractivity contribution in [3.8, 4) is 0 Å². The molecule has 2 aliphatic heterocycles. The maximum atomic E-state index is 11.8. The number of piperidine rings is 1. The highest BCUT2D eigenvalue weighted by atomic mass is 16.2. The predicted molar refractivity (Wildman–Crippen MR) is 60.1 cm³/mol. The fourth-order valence-corrected chi connectivity index (χ4v) is 2.13. The van der Waals surface area contributed by atoms with Crippen LogP contribution in [0.3, 0.4) is 0 Å². The van der Waals surface area contributed by atoms with Crippen LogP contribution in [0.15, 0.2) is 0 Å². The standard InChI is InChI=1S/C11H15N3O4/c1-14-9(16)3-2-7(11(14)18)13-10(17)6-4-8(15)12-5-6/h6-7H,2-5H2,1H3,(H,12,15)(H,13,17). The van der Waals surface area contributed by atoms with Gasteiger partial charge in [-0.2, -0.15) is 0 Å². The Morgan fingerprint density at radius 3 is 2.72 bits per heavy atom. The van der Waals surface area contributed by atoms with Gasteiger partial charge in [0.05, 0.1) is 5.92 Å². The van der Waals surface area contributed by atoms with Gasteiger partial charge in [0.25, 0.3) is 5.91 Å². The lowest BCUT2D eigenvalue weighted by Gasteiger charge is -2.28. The third-order valence-corrected chi connectivity index (χ3v) is 3.31. The number of amides is 4. The number of nitrogens with zero attached hydrogens (tertiary/aromatic N) is 1. The third-order valence-electron chi connectivity index (χ3n) is 3.31. The van der Waals surface area contributed by atoms with Gasteiger partial charge in [-0.15, -0.1) is 0 Å². The summed E-state index contributed by atoms with van der Waals surface area (Å²) in [6.45, 7) is 0.306. The first kappa shape index (κ1) is 12.5. The first-order valence-electron chi connectivity index (χ1n) is 5.86. The van der Waals surface area contributed by atoms with Gasteiger partial charge in [0, 0.05) is 26.4 Å². The average molecular weight is 253 g/mol. The Labute approximate surface area is 104 Å². The molecule has 2 unspecified atom stereocenters. The van der Waals surface area contributed by atoms with Gasteiger partial charge in [0.2, 0.25) is 17.7 Å². The zero-order valence-corrected chi connectivity index (χ0v) is 10.1. The molecule has 2 heterocycles. The molecule has 0 aliphatic carbocycles. The van der Waals surface area contributed by atoms with Crippen LogP contribution in [0, 0.1) is 5.92 Å². The van der Waals surface area contributed by atoms with E-state index in [1.54, 1.807) is 0 Å². The van der Waals surface area contributed by atoms with Gasteiger partial charge in [-0.05, 0) is 6.42 Å². The minimum absolute atomic E-state index is 0.154. The zero-order chi connectivity index (χ0) is 13.3. The maximum absolute atomic E-state index is 11.8. The number of nitrogens with one attached hydrogen (secondary N) is 2. The third kappa shape index (κ3) is 2.34. The first-order valence-corrected chi connectivity index (χ1v) is 5.86. The number of likely N-dealkylation sites (tertiary alicyclic amines) is 1. The molecule has 4 amide bonds. The van der Waals surface area contributed by atoms with Crippen LogP contribution in [0.5, 0.6) is 0 Å². The summed E-state index contributed by atoms with van der Waals surface area (Å²) >= 11 is 0. The van der Waals surface area contributed by atoms with E-state index in [2.05, 4.69) is 10.6 Å². The highest BCUT2D eigenvalue weighted by Gasteiger charge is 2.35. The molecule has 2 rings (SSSR count). The van der Waals surface area contributed by atoms with Crippen molar-refractivity contribution in [2.75, 3.05) is 13.6 Å². The van der Waals surface area contributed by atoms with Gasteiger partial charge < -0.3 is 10.6 Å². The molecular formula is C11H15N3O4. The van der Waals surface area contributed by atoms with Crippen LogP contribution in [0.2, 0.25) is 0 Å². The molecule has 0 spiro atoms. The molecular weight excluding hydrogens is 238 g/mol. The van der Waals surface area contributed by atoms with Gasteiger partial charge in [-0.1, -0.05) is 0 Å². The monoisotopic (exact) mass is 253 g/mol. The van der Waals surface area contributed by atoms with E-state index in [4.69, 9.17) is 0 Å². The molecule has 98 valence electrons. The van der Waals surface area contributed by atoms with Crippen LogP contribution in [0.25, 0.3) is 0 Å². The fourth-order valence-electron chi connectivity index (χ4n) is 2.13. The van der Waals surface area contributed by atoms with E-state index in [1.165, 1.54) is 7.05 Å². The van der Waals surface area contributed by atoms with Gasteiger partial charge in [-0.3, -0.25) is 24.1 Å². The number of hydrogen-bond acceptors (Lipinski definition) is 4. The van der Waals surface area contributed by atoms with Gasteiger partial charge in [0.15, 0.2) is 0 Å². The van der Waals surface area contributed by atoms with E-state index >= 15 is 0 Å². The van der Waals surface area contributed by atoms with Crippen LogP contribution < -0.4 is 10.6 Å². The van der Waals surface area contributed by atoms with Gasteiger partial charge in [-0.25, -0.2) is 0 Å². The lowest BCUT2D eigenvalue weighted by molar-refractivity contribution is -0.149. The Morgan fingerprint density at radius 1 is 1.39 bits per heavy atom. The maximum Gasteiger partial charge on any atom is 0.251 e. The summed E-state index contributed by atoms with van der Waals surface area (Å²) in [5.74, 6) is -1.51. The molecule has 2 saturated heterocycles. The largest absolute Gasteiger partial charge is 0.355 e. The molecule has 0 radical (unpaired) electrons. The molecule has 7 nitrogen and oxygen atoms in total. The topological polar surface area (TPSA) is 95.6 Å². The van der Waals surface area contributed by atoms with E-state index in [1.807, 2.05) is 0 Å². The number of carbonyl (C=O) groups excluding carboxylic acids is 4. The van der Waals surface area contributed by atoms with Crippen molar-refractivity contribution in [3.05, 3.63) is 0 Å². The lowest BCUT2D eigenvalue weighted by Crippen LogP contribution is -2.54. The highest BCUT2D eigenvalue weighted by Crippen LogP contribution is 2.14. The van der Waals surface area contributed by atoms with Crippen LogP contribution >= 0.6 is 0 Å². The Bertz CT molecular complexity index is 421. The molecule has 0 aromatic rings. The number of carbonyl (C=O) groups is 4. The number of imide groups is 1. The molecule has 0 saturated carbocycles. The molecule has 18 heavy (non-hydrogen) atoms. The minimum atomic E-state index is -0.657. The Hall–Kier alpha value is -1.92. The van der Waals surface area contributed by atoms with E-state index in [0.29, 0.717) is 13.0 Å². The molecule has 2 N–H and O–H groups in total. The molecule has 2 fully saturated rings. The Balaban J connectivity index is 1.93. The molecule has 0 bridgehead atoms. The van der Waals surface area contributed by atoms with Gasteiger partial charge >= 0.3 is 0 Å². The lowest BCUT2D eigenvalue weighted by atomic mass is 10.0. The van der Waals surface area contributed by atoms with Crippen molar-refractivity contribution in [3.63, 3.8) is 0 Å². The van der Waals surface area contributed by atoms with E-state index < -0.39 is 17.9 Å². The normalized spacial score (nSPS) is 28.3. The highest BCUT2D eigenvalue weighted by molar-refractivity contribution is 6.02. The molecule has 7 heteroatoms. The summed E-state index contributed by atoms with van der Waals surface area (Å²) in [6, 6.07) is -0.657. The van der Waals surface area contributed by atoms with Crippen molar-refractivity contribution >= 4 is 23.6 Å². The van der Waals surface area contributed by atoms with Crippen LogP contribution in [0.1, 0.15) is 19.3 Å². The van der Waals surface area contributed by atoms with Crippen LogP contribution in [-0.4, -0.2) is 48.2 Å². The number of rotatable bonds is 2. The molecule has 0 aromatic heterocycles. The van der Waals surface area contributed by atoms with Crippen molar-refractivity contribution in [1.82, 2.24) is 15.5 Å². The van der Waals surface area contributed by atoms with E-state index in [-0.39, 0.29) is 30.6 Å². The summed E-state index contributed by atoms with van der Waals surface area (Å²) in [4.78, 5) is 46.9.